The first kappa shape index (κ1) is 17.0. The van der Waals surface area contributed by atoms with E-state index in [0.29, 0.717) is 12.3 Å². The number of hydrogen-bond donors (Lipinski definition) is 2. The van der Waals surface area contributed by atoms with Gasteiger partial charge in [-0.3, -0.25) is 4.79 Å². The van der Waals surface area contributed by atoms with Crippen molar-refractivity contribution in [1.29, 1.82) is 0 Å². The Morgan fingerprint density at radius 1 is 1.13 bits per heavy atom. The first-order valence-electron chi connectivity index (χ1n) is 7.90. The van der Waals surface area contributed by atoms with Gasteiger partial charge in [0.2, 0.25) is 5.91 Å². The summed E-state index contributed by atoms with van der Waals surface area (Å²) in [5.41, 5.74) is 1.93. The van der Waals surface area contributed by atoms with Crippen molar-refractivity contribution in [2.24, 2.45) is 0 Å². The quantitative estimate of drug-likeness (QED) is 0.788. The predicted molar refractivity (Wildman–Crippen MR) is 90.3 cm³/mol. The Hall–Kier alpha value is -2.33. The smallest absolute Gasteiger partial charge is 0.227 e. The van der Waals surface area contributed by atoms with Crippen LogP contribution in [0.2, 0.25) is 0 Å². The minimum absolute atomic E-state index is 0.00987. The largest absolute Gasteiger partial charge is 0.491 e. The van der Waals surface area contributed by atoms with Gasteiger partial charge in [0.1, 0.15) is 12.4 Å². The topological polar surface area (TPSA) is 58.6 Å². The van der Waals surface area contributed by atoms with Gasteiger partial charge in [-0.2, -0.15) is 0 Å². The van der Waals surface area contributed by atoms with Crippen LogP contribution in [-0.4, -0.2) is 24.2 Å². The fourth-order valence-electron chi connectivity index (χ4n) is 2.51. The number of carbonyl (C=O) groups excluding carboxylic acids is 1. The third kappa shape index (κ3) is 4.83. The molecule has 2 N–H and O–H groups in total. The van der Waals surface area contributed by atoms with Gasteiger partial charge >= 0.3 is 0 Å². The Kier molecular flexibility index (Phi) is 6.63. The van der Waals surface area contributed by atoms with E-state index in [1.165, 1.54) is 0 Å². The molecule has 1 unspecified atom stereocenters. The van der Waals surface area contributed by atoms with E-state index >= 15 is 0 Å². The number of aliphatic hydroxyl groups is 1. The first-order chi connectivity index (χ1) is 11.3. The molecule has 2 aromatic carbocycles. The van der Waals surface area contributed by atoms with E-state index in [4.69, 9.17) is 9.84 Å². The lowest BCUT2D eigenvalue weighted by atomic mass is 9.95. The maximum atomic E-state index is 12.5. The van der Waals surface area contributed by atoms with Gasteiger partial charge in [0.15, 0.2) is 0 Å². The molecule has 0 radical (unpaired) electrons. The number of para-hydroxylation sites is 1. The summed E-state index contributed by atoms with van der Waals surface area (Å²) in [7, 11) is 0. The van der Waals surface area contributed by atoms with Crippen LogP contribution in [0.3, 0.4) is 0 Å². The Morgan fingerprint density at radius 2 is 1.83 bits per heavy atom. The Bertz CT molecular complexity index is 613. The SMILES string of the molecule is CCC(C(=O)NCc1ccccc1OCCO)c1ccccc1. The molecule has 0 aliphatic rings. The van der Waals surface area contributed by atoms with Crippen molar-refractivity contribution >= 4 is 5.91 Å². The summed E-state index contributed by atoms with van der Waals surface area (Å²) in [6.45, 7) is 2.62. The lowest BCUT2D eigenvalue weighted by molar-refractivity contribution is -0.122. The molecular weight excluding hydrogens is 290 g/mol. The standard InChI is InChI=1S/C19H23NO3/c1-2-17(15-8-4-3-5-9-15)19(22)20-14-16-10-6-7-11-18(16)23-13-12-21/h3-11,17,21H,2,12-14H2,1H3,(H,20,22). The second kappa shape index (κ2) is 8.96. The predicted octanol–water partition coefficient (Wildman–Crippen LogP) is 2.87. The molecule has 0 saturated heterocycles. The fourth-order valence-corrected chi connectivity index (χ4v) is 2.51. The highest BCUT2D eigenvalue weighted by atomic mass is 16.5. The zero-order chi connectivity index (χ0) is 16.5. The molecule has 0 aliphatic carbocycles. The van der Waals surface area contributed by atoms with Crippen LogP contribution in [0.25, 0.3) is 0 Å². The van der Waals surface area contributed by atoms with Crippen LogP contribution < -0.4 is 10.1 Å². The molecule has 0 spiro atoms. The van der Waals surface area contributed by atoms with Crippen LogP contribution in [0.5, 0.6) is 5.75 Å². The van der Waals surface area contributed by atoms with Gasteiger partial charge in [0.25, 0.3) is 0 Å². The molecular formula is C19H23NO3. The number of benzene rings is 2. The maximum absolute atomic E-state index is 12.5. The van der Waals surface area contributed by atoms with Crippen LogP contribution in [-0.2, 0) is 11.3 Å². The van der Waals surface area contributed by atoms with E-state index < -0.39 is 0 Å². The third-order valence-corrected chi connectivity index (χ3v) is 3.70. The van der Waals surface area contributed by atoms with Crippen molar-refractivity contribution < 1.29 is 14.6 Å². The second-order valence-corrected chi connectivity index (χ2v) is 5.27. The molecule has 0 aromatic heterocycles. The fraction of sp³-hybridized carbons (Fsp3) is 0.316. The normalized spacial score (nSPS) is 11.7. The summed E-state index contributed by atoms with van der Waals surface area (Å²) >= 11 is 0. The Labute approximate surface area is 137 Å². The maximum Gasteiger partial charge on any atom is 0.227 e. The summed E-state index contributed by atoms with van der Waals surface area (Å²) in [5.74, 6) is 0.548. The number of aliphatic hydroxyl groups excluding tert-OH is 1. The second-order valence-electron chi connectivity index (χ2n) is 5.27. The highest BCUT2D eigenvalue weighted by molar-refractivity contribution is 5.83. The number of nitrogens with one attached hydrogen (secondary N) is 1. The molecule has 122 valence electrons. The van der Waals surface area contributed by atoms with Crippen LogP contribution in [0.1, 0.15) is 30.4 Å². The van der Waals surface area contributed by atoms with Gasteiger partial charge in [-0.25, -0.2) is 0 Å². The molecule has 4 heteroatoms. The van der Waals surface area contributed by atoms with Crippen LogP contribution in [0, 0.1) is 0 Å². The van der Waals surface area contributed by atoms with Crippen LogP contribution >= 0.6 is 0 Å². The van der Waals surface area contributed by atoms with Crippen molar-refractivity contribution in [3.63, 3.8) is 0 Å². The zero-order valence-corrected chi connectivity index (χ0v) is 13.4. The van der Waals surface area contributed by atoms with Crippen molar-refractivity contribution in [3.05, 3.63) is 65.7 Å². The molecule has 2 rings (SSSR count). The van der Waals surface area contributed by atoms with E-state index in [9.17, 15) is 4.79 Å². The molecule has 0 saturated carbocycles. The molecule has 23 heavy (non-hydrogen) atoms. The lowest BCUT2D eigenvalue weighted by Crippen LogP contribution is -2.28. The number of rotatable bonds is 8. The third-order valence-electron chi connectivity index (χ3n) is 3.70. The summed E-state index contributed by atoms with van der Waals surface area (Å²) < 4.78 is 5.49. The average Bonchev–Trinajstić information content (AvgIpc) is 2.60. The Balaban J connectivity index is 2.01. The van der Waals surface area contributed by atoms with Gasteiger partial charge in [0.05, 0.1) is 12.5 Å². The van der Waals surface area contributed by atoms with Gasteiger partial charge in [-0.1, -0.05) is 55.5 Å². The average molecular weight is 313 g/mol. The summed E-state index contributed by atoms with van der Waals surface area (Å²) in [6.07, 6.45) is 0.749. The van der Waals surface area contributed by atoms with Crippen molar-refractivity contribution in [2.45, 2.75) is 25.8 Å². The van der Waals surface area contributed by atoms with Gasteiger partial charge in [-0.05, 0) is 18.1 Å². The number of amides is 1. The monoisotopic (exact) mass is 313 g/mol. The van der Waals surface area contributed by atoms with Crippen LogP contribution in [0.15, 0.2) is 54.6 Å². The highest BCUT2D eigenvalue weighted by Gasteiger charge is 2.18. The summed E-state index contributed by atoms with van der Waals surface area (Å²) in [6, 6.07) is 17.3. The number of hydrogen-bond acceptors (Lipinski definition) is 3. The van der Waals surface area contributed by atoms with Crippen molar-refractivity contribution in [2.75, 3.05) is 13.2 Å². The van der Waals surface area contributed by atoms with Crippen molar-refractivity contribution in [1.82, 2.24) is 5.32 Å². The molecule has 2 aromatic rings. The molecule has 0 bridgehead atoms. The molecule has 0 heterocycles. The van der Waals surface area contributed by atoms with Crippen molar-refractivity contribution in [3.8, 4) is 5.75 Å². The summed E-state index contributed by atoms with van der Waals surface area (Å²) in [5, 5.41) is 11.9. The van der Waals surface area contributed by atoms with E-state index in [2.05, 4.69) is 5.32 Å². The van der Waals surface area contributed by atoms with E-state index in [1.54, 1.807) is 0 Å². The number of ether oxygens (including phenoxy) is 1. The Morgan fingerprint density at radius 3 is 2.52 bits per heavy atom. The molecule has 0 fully saturated rings. The lowest BCUT2D eigenvalue weighted by Gasteiger charge is -2.16. The minimum atomic E-state index is -0.151. The molecule has 0 aliphatic heterocycles. The minimum Gasteiger partial charge on any atom is -0.491 e. The molecule has 1 amide bonds. The van der Waals surface area contributed by atoms with E-state index in [-0.39, 0.29) is 25.0 Å². The molecule has 1 atom stereocenters. The van der Waals surface area contributed by atoms with Gasteiger partial charge in [-0.15, -0.1) is 0 Å². The molecule has 4 nitrogen and oxygen atoms in total. The highest BCUT2D eigenvalue weighted by Crippen LogP contribution is 2.21. The van der Waals surface area contributed by atoms with E-state index in [1.807, 2.05) is 61.5 Å². The van der Waals surface area contributed by atoms with E-state index in [0.717, 1.165) is 17.5 Å². The zero-order valence-electron chi connectivity index (χ0n) is 13.4. The number of carbonyl (C=O) groups is 1. The van der Waals surface area contributed by atoms with Gasteiger partial charge < -0.3 is 15.2 Å². The first-order valence-corrected chi connectivity index (χ1v) is 7.90. The van der Waals surface area contributed by atoms with Gasteiger partial charge in [0, 0.05) is 12.1 Å². The summed E-state index contributed by atoms with van der Waals surface area (Å²) in [4.78, 5) is 12.5. The van der Waals surface area contributed by atoms with Crippen LogP contribution in [0.4, 0.5) is 0 Å².